The first-order valence-electron chi connectivity index (χ1n) is 11.5. The Morgan fingerprint density at radius 1 is 1.14 bits per heavy atom. The highest BCUT2D eigenvalue weighted by atomic mass is 16.5. The van der Waals surface area contributed by atoms with Gasteiger partial charge in [0.1, 0.15) is 0 Å². The average Bonchev–Trinajstić information content (AvgIpc) is 2.97. The van der Waals surface area contributed by atoms with E-state index in [9.17, 15) is 10.2 Å². The second-order valence-electron chi connectivity index (χ2n) is 8.63. The van der Waals surface area contributed by atoms with Gasteiger partial charge in [-0.05, 0) is 51.6 Å². The average molecular weight is 396 g/mol. The SMILES string of the molecule is CCCCCC(O)/C=C/C1C(OC)CC(O)C1CCCCCC=CNC(C)C. The third-order valence-corrected chi connectivity index (χ3v) is 5.81. The lowest BCUT2D eigenvalue weighted by atomic mass is 9.87. The van der Waals surface area contributed by atoms with Crippen LogP contribution in [0.4, 0.5) is 0 Å². The molecule has 0 amide bonds. The van der Waals surface area contributed by atoms with Crippen molar-refractivity contribution < 1.29 is 14.9 Å². The summed E-state index contributed by atoms with van der Waals surface area (Å²) in [6.45, 7) is 6.45. The van der Waals surface area contributed by atoms with Crippen molar-refractivity contribution in [3.63, 3.8) is 0 Å². The van der Waals surface area contributed by atoms with E-state index < -0.39 is 0 Å². The largest absolute Gasteiger partial charge is 0.393 e. The van der Waals surface area contributed by atoms with Crippen LogP contribution in [-0.2, 0) is 4.74 Å². The molecule has 0 aromatic heterocycles. The second kappa shape index (κ2) is 15.1. The number of methoxy groups -OCH3 is 1. The topological polar surface area (TPSA) is 61.7 Å². The van der Waals surface area contributed by atoms with Crippen LogP contribution < -0.4 is 5.32 Å². The van der Waals surface area contributed by atoms with Gasteiger partial charge in [-0.1, -0.05) is 57.3 Å². The Morgan fingerprint density at radius 2 is 1.93 bits per heavy atom. The Labute approximate surface area is 173 Å². The van der Waals surface area contributed by atoms with Crippen molar-refractivity contribution in [3.8, 4) is 0 Å². The number of unbranched alkanes of at least 4 members (excludes halogenated alkanes) is 5. The number of hydrogen-bond donors (Lipinski definition) is 3. The standard InChI is InChI=1S/C24H45NO3/c1-5-6-10-13-20(26)15-16-22-21(23(27)18-24(22)28-4)14-11-8-7-9-12-17-25-19(2)3/h12,15-17,19-27H,5-11,13-14,18H2,1-4H3/b16-15+,17-12?. The molecule has 5 atom stereocenters. The van der Waals surface area contributed by atoms with E-state index in [1.165, 1.54) is 25.7 Å². The second-order valence-corrected chi connectivity index (χ2v) is 8.63. The molecular formula is C24H45NO3. The molecular weight excluding hydrogens is 350 g/mol. The molecule has 4 heteroatoms. The molecule has 28 heavy (non-hydrogen) atoms. The molecule has 164 valence electrons. The van der Waals surface area contributed by atoms with Crippen LogP contribution in [0.15, 0.2) is 24.4 Å². The molecule has 0 aromatic rings. The molecule has 0 bridgehead atoms. The van der Waals surface area contributed by atoms with Crippen LogP contribution in [-0.4, -0.2) is 41.7 Å². The molecule has 1 rings (SSSR count). The van der Waals surface area contributed by atoms with Crippen molar-refractivity contribution in [1.82, 2.24) is 5.32 Å². The van der Waals surface area contributed by atoms with Gasteiger partial charge in [0, 0.05) is 25.5 Å². The number of aliphatic hydroxyl groups is 2. The number of hydrogen-bond acceptors (Lipinski definition) is 4. The fourth-order valence-electron chi connectivity index (χ4n) is 4.13. The zero-order valence-electron chi connectivity index (χ0n) is 18.6. The normalized spacial score (nSPS) is 26.7. The van der Waals surface area contributed by atoms with Gasteiger partial charge in [0.2, 0.25) is 0 Å². The first-order chi connectivity index (χ1) is 13.5. The minimum Gasteiger partial charge on any atom is -0.393 e. The molecule has 0 heterocycles. The predicted octanol–water partition coefficient (Wildman–Crippen LogP) is 4.96. The number of allylic oxidation sites excluding steroid dienone is 1. The minimum absolute atomic E-state index is 0.0594. The summed E-state index contributed by atoms with van der Waals surface area (Å²) >= 11 is 0. The smallest absolute Gasteiger partial charge is 0.0721 e. The summed E-state index contributed by atoms with van der Waals surface area (Å²) in [4.78, 5) is 0. The van der Waals surface area contributed by atoms with E-state index in [0.29, 0.717) is 12.5 Å². The van der Waals surface area contributed by atoms with Crippen LogP contribution in [0, 0.1) is 11.8 Å². The number of nitrogens with one attached hydrogen (secondary N) is 1. The molecule has 0 aliphatic heterocycles. The van der Waals surface area contributed by atoms with Gasteiger partial charge in [0.15, 0.2) is 0 Å². The van der Waals surface area contributed by atoms with Crippen molar-refractivity contribution in [2.45, 2.75) is 109 Å². The Kier molecular flexibility index (Phi) is 13.6. The quantitative estimate of drug-likeness (QED) is 0.271. The number of aliphatic hydroxyl groups excluding tert-OH is 2. The highest BCUT2D eigenvalue weighted by Crippen LogP contribution is 2.38. The van der Waals surface area contributed by atoms with E-state index in [1.807, 2.05) is 6.08 Å². The Morgan fingerprint density at radius 3 is 2.61 bits per heavy atom. The molecule has 1 fully saturated rings. The number of ether oxygens (including phenoxy) is 1. The zero-order valence-corrected chi connectivity index (χ0v) is 18.6. The van der Waals surface area contributed by atoms with Gasteiger partial charge >= 0.3 is 0 Å². The lowest BCUT2D eigenvalue weighted by Crippen LogP contribution is -2.22. The van der Waals surface area contributed by atoms with Gasteiger partial charge in [0.25, 0.3) is 0 Å². The summed E-state index contributed by atoms with van der Waals surface area (Å²) in [5.41, 5.74) is 0. The van der Waals surface area contributed by atoms with Crippen molar-refractivity contribution in [3.05, 3.63) is 24.4 Å². The van der Waals surface area contributed by atoms with Crippen LogP contribution in [0.2, 0.25) is 0 Å². The summed E-state index contributed by atoms with van der Waals surface area (Å²) in [5, 5.41) is 24.0. The van der Waals surface area contributed by atoms with E-state index in [4.69, 9.17) is 4.74 Å². The molecule has 1 aliphatic rings. The Hall–Kier alpha value is -0.840. The molecule has 0 radical (unpaired) electrons. The first-order valence-corrected chi connectivity index (χ1v) is 11.5. The fourth-order valence-corrected chi connectivity index (χ4v) is 4.13. The van der Waals surface area contributed by atoms with Crippen molar-refractivity contribution >= 4 is 0 Å². The van der Waals surface area contributed by atoms with Crippen molar-refractivity contribution in [1.29, 1.82) is 0 Å². The molecule has 3 N–H and O–H groups in total. The minimum atomic E-state index is -0.381. The summed E-state index contributed by atoms with van der Waals surface area (Å²) < 4.78 is 5.64. The van der Waals surface area contributed by atoms with Gasteiger partial charge in [-0.15, -0.1) is 0 Å². The van der Waals surface area contributed by atoms with Crippen LogP contribution >= 0.6 is 0 Å². The van der Waals surface area contributed by atoms with Crippen LogP contribution in [0.5, 0.6) is 0 Å². The van der Waals surface area contributed by atoms with Gasteiger partial charge in [-0.25, -0.2) is 0 Å². The first kappa shape index (κ1) is 25.2. The van der Waals surface area contributed by atoms with Crippen LogP contribution in [0.3, 0.4) is 0 Å². The molecule has 1 saturated carbocycles. The number of rotatable bonds is 15. The van der Waals surface area contributed by atoms with Gasteiger partial charge in [0.05, 0.1) is 18.3 Å². The van der Waals surface area contributed by atoms with E-state index in [2.05, 4.69) is 44.4 Å². The molecule has 4 nitrogen and oxygen atoms in total. The molecule has 0 saturated heterocycles. The highest BCUT2D eigenvalue weighted by molar-refractivity contribution is 5.04. The van der Waals surface area contributed by atoms with Crippen molar-refractivity contribution in [2.24, 2.45) is 11.8 Å². The molecule has 5 unspecified atom stereocenters. The monoisotopic (exact) mass is 395 g/mol. The Balaban J connectivity index is 2.40. The van der Waals surface area contributed by atoms with E-state index in [-0.39, 0.29) is 30.1 Å². The van der Waals surface area contributed by atoms with Gasteiger partial charge in [-0.2, -0.15) is 0 Å². The third kappa shape index (κ3) is 10.1. The van der Waals surface area contributed by atoms with E-state index in [0.717, 1.165) is 32.1 Å². The summed E-state index contributed by atoms with van der Waals surface area (Å²) in [5.74, 6) is 0.443. The van der Waals surface area contributed by atoms with E-state index in [1.54, 1.807) is 7.11 Å². The maximum Gasteiger partial charge on any atom is 0.0721 e. The van der Waals surface area contributed by atoms with Crippen LogP contribution in [0.25, 0.3) is 0 Å². The molecule has 1 aliphatic carbocycles. The maximum atomic E-state index is 10.5. The Bertz CT molecular complexity index is 436. The molecule has 0 spiro atoms. The van der Waals surface area contributed by atoms with Gasteiger partial charge < -0.3 is 20.3 Å². The lowest BCUT2D eigenvalue weighted by molar-refractivity contribution is 0.0744. The predicted molar refractivity (Wildman–Crippen MR) is 118 cm³/mol. The fraction of sp³-hybridized carbons (Fsp3) is 0.833. The van der Waals surface area contributed by atoms with Crippen molar-refractivity contribution in [2.75, 3.05) is 7.11 Å². The molecule has 0 aromatic carbocycles. The lowest BCUT2D eigenvalue weighted by Gasteiger charge is -2.22. The summed E-state index contributed by atoms with van der Waals surface area (Å²) in [6.07, 6.45) is 18.2. The summed E-state index contributed by atoms with van der Waals surface area (Å²) in [6, 6.07) is 0.490. The third-order valence-electron chi connectivity index (χ3n) is 5.81. The zero-order chi connectivity index (χ0) is 20.8. The van der Waals surface area contributed by atoms with E-state index >= 15 is 0 Å². The highest BCUT2D eigenvalue weighted by Gasteiger charge is 2.40. The summed E-state index contributed by atoms with van der Waals surface area (Å²) in [7, 11) is 1.73. The van der Waals surface area contributed by atoms with Gasteiger partial charge in [-0.3, -0.25) is 0 Å². The maximum absolute atomic E-state index is 10.5. The van der Waals surface area contributed by atoms with Crippen LogP contribution in [0.1, 0.15) is 85.0 Å².